The summed E-state index contributed by atoms with van der Waals surface area (Å²) in [5, 5.41) is 7.72. The average molecular weight is 508 g/mol. The molecule has 184 valence electrons. The van der Waals surface area contributed by atoms with Crippen molar-refractivity contribution in [3.8, 4) is 5.75 Å². The molecule has 5 rings (SSSR count). The van der Waals surface area contributed by atoms with Gasteiger partial charge < -0.3 is 19.9 Å². The maximum Gasteiger partial charge on any atom is 0.254 e. The van der Waals surface area contributed by atoms with Crippen molar-refractivity contribution in [2.45, 2.75) is 19.8 Å². The van der Waals surface area contributed by atoms with Gasteiger partial charge >= 0.3 is 0 Å². The smallest absolute Gasteiger partial charge is 0.254 e. The fraction of sp³-hybridized carbons (Fsp3) is 0.478. The highest BCUT2D eigenvalue weighted by molar-refractivity contribution is 5.94. The number of aromatic nitrogens is 4. The number of carbonyl (C=O) groups excluding carboxylic acids is 1. The first-order valence-corrected chi connectivity index (χ1v) is 11.2. The van der Waals surface area contributed by atoms with Gasteiger partial charge in [-0.2, -0.15) is 14.6 Å². The van der Waals surface area contributed by atoms with Gasteiger partial charge in [-0.1, -0.05) is 0 Å². The van der Waals surface area contributed by atoms with Crippen molar-refractivity contribution < 1.29 is 9.53 Å². The molecule has 2 aliphatic rings. The monoisotopic (exact) mass is 507 g/mol. The Hall–Kier alpha value is -2.62. The Balaban J connectivity index is 0.00000162. The Morgan fingerprint density at radius 3 is 2.68 bits per heavy atom. The molecule has 2 aromatic heterocycles. The lowest BCUT2D eigenvalue weighted by molar-refractivity contribution is 0.0746. The molecule has 2 saturated heterocycles. The van der Waals surface area contributed by atoms with Crippen LogP contribution >= 0.6 is 24.8 Å². The maximum atomic E-state index is 13.3. The van der Waals surface area contributed by atoms with E-state index in [1.807, 2.05) is 36.1 Å². The second-order valence-electron chi connectivity index (χ2n) is 8.60. The van der Waals surface area contributed by atoms with E-state index in [9.17, 15) is 4.79 Å². The molecule has 3 aromatic rings. The molecule has 0 bridgehead atoms. The molecule has 0 radical (unpaired) electrons. The van der Waals surface area contributed by atoms with Crippen LogP contribution in [0.2, 0.25) is 0 Å². The number of carbonyl (C=O) groups is 1. The molecule has 1 aromatic carbocycles. The summed E-state index contributed by atoms with van der Waals surface area (Å²) in [6, 6.07) is 7.86. The highest BCUT2D eigenvalue weighted by atomic mass is 35.5. The Bertz CT molecular complexity index is 1130. The van der Waals surface area contributed by atoms with E-state index in [0.29, 0.717) is 24.8 Å². The van der Waals surface area contributed by atoms with Crippen LogP contribution in [0.15, 0.2) is 30.6 Å². The van der Waals surface area contributed by atoms with E-state index in [1.54, 1.807) is 11.6 Å². The number of rotatable bonds is 5. The summed E-state index contributed by atoms with van der Waals surface area (Å²) in [6.07, 6.45) is 3.62. The number of fused-ring (bicyclic) bond motifs is 1. The number of nitrogens with zero attached hydrogens (tertiary/aromatic N) is 6. The molecule has 2 aliphatic heterocycles. The van der Waals surface area contributed by atoms with Crippen LogP contribution in [0.3, 0.4) is 0 Å². The Kier molecular flexibility index (Phi) is 8.57. The van der Waals surface area contributed by atoms with Crippen molar-refractivity contribution in [1.29, 1.82) is 0 Å². The zero-order valence-electron chi connectivity index (χ0n) is 19.4. The quantitative estimate of drug-likeness (QED) is 0.567. The van der Waals surface area contributed by atoms with Crippen LogP contribution in [-0.4, -0.2) is 76.8 Å². The lowest BCUT2D eigenvalue weighted by Crippen LogP contribution is -2.49. The second-order valence-corrected chi connectivity index (χ2v) is 8.60. The predicted octanol–water partition coefficient (Wildman–Crippen LogP) is 2.40. The number of halogens is 2. The summed E-state index contributed by atoms with van der Waals surface area (Å²) in [6.45, 7) is 6.84. The van der Waals surface area contributed by atoms with Crippen molar-refractivity contribution in [1.82, 2.24) is 29.8 Å². The molecule has 1 atom stereocenters. The molecule has 0 saturated carbocycles. The molecular formula is C23H31Cl2N7O2. The van der Waals surface area contributed by atoms with Gasteiger partial charge in [0.25, 0.3) is 11.7 Å². The molecule has 11 heteroatoms. The fourth-order valence-corrected chi connectivity index (χ4v) is 4.73. The summed E-state index contributed by atoms with van der Waals surface area (Å²) >= 11 is 0. The number of benzene rings is 1. The maximum absolute atomic E-state index is 13.3. The van der Waals surface area contributed by atoms with Crippen molar-refractivity contribution in [2.24, 2.45) is 5.92 Å². The summed E-state index contributed by atoms with van der Waals surface area (Å²) in [5.74, 6) is 3.10. The van der Waals surface area contributed by atoms with E-state index in [0.717, 1.165) is 67.4 Å². The van der Waals surface area contributed by atoms with E-state index in [4.69, 9.17) is 4.74 Å². The number of hydrogen-bond donors (Lipinski definition) is 1. The fourth-order valence-electron chi connectivity index (χ4n) is 4.73. The highest BCUT2D eigenvalue weighted by Gasteiger charge is 2.25. The zero-order chi connectivity index (χ0) is 22.1. The molecule has 1 unspecified atom stereocenters. The van der Waals surface area contributed by atoms with Gasteiger partial charge in [0.1, 0.15) is 17.9 Å². The lowest BCUT2D eigenvalue weighted by atomic mass is 9.96. The van der Waals surface area contributed by atoms with Gasteiger partial charge in [-0.25, -0.2) is 4.98 Å². The normalized spacial score (nSPS) is 17.9. The largest absolute Gasteiger partial charge is 0.496 e. The first kappa shape index (κ1) is 26.0. The minimum absolute atomic E-state index is 0. The summed E-state index contributed by atoms with van der Waals surface area (Å²) < 4.78 is 7.33. The van der Waals surface area contributed by atoms with Gasteiger partial charge in [0, 0.05) is 43.5 Å². The number of methoxy groups -OCH3 is 1. The van der Waals surface area contributed by atoms with Gasteiger partial charge in [-0.05, 0) is 62.5 Å². The number of aryl methyl sites for hydroxylation is 1. The highest BCUT2D eigenvalue weighted by Crippen LogP contribution is 2.26. The number of amides is 1. The van der Waals surface area contributed by atoms with E-state index in [1.165, 1.54) is 6.33 Å². The van der Waals surface area contributed by atoms with Crippen LogP contribution in [0.1, 0.15) is 28.0 Å². The molecule has 0 aliphatic carbocycles. The molecule has 1 N–H and O–H groups in total. The van der Waals surface area contributed by atoms with Gasteiger partial charge in [0.2, 0.25) is 0 Å². The van der Waals surface area contributed by atoms with Crippen LogP contribution in [-0.2, 0) is 6.42 Å². The van der Waals surface area contributed by atoms with Crippen LogP contribution in [0.25, 0.3) is 5.78 Å². The van der Waals surface area contributed by atoms with Gasteiger partial charge in [-0.15, -0.1) is 24.8 Å². The van der Waals surface area contributed by atoms with E-state index >= 15 is 0 Å². The molecule has 4 heterocycles. The number of piperazine rings is 1. The Morgan fingerprint density at radius 1 is 1.18 bits per heavy atom. The first-order chi connectivity index (χ1) is 15.6. The van der Waals surface area contributed by atoms with E-state index in [2.05, 4.69) is 25.3 Å². The van der Waals surface area contributed by atoms with Gasteiger partial charge in [-0.3, -0.25) is 4.79 Å². The third-order valence-electron chi connectivity index (χ3n) is 6.45. The summed E-state index contributed by atoms with van der Waals surface area (Å²) in [4.78, 5) is 26.1. The first-order valence-electron chi connectivity index (χ1n) is 11.2. The average Bonchev–Trinajstić information content (AvgIpc) is 3.50. The SMILES string of the molecule is COc1ccc(C(=O)N2CCN(c3cc(C)nc4ncnn34)CC2)cc1CC1CCNC1.Cl.Cl. The second kappa shape index (κ2) is 11.2. The van der Waals surface area contributed by atoms with E-state index in [-0.39, 0.29) is 30.7 Å². The minimum Gasteiger partial charge on any atom is -0.496 e. The van der Waals surface area contributed by atoms with E-state index < -0.39 is 0 Å². The topological polar surface area (TPSA) is 87.9 Å². The predicted molar refractivity (Wildman–Crippen MR) is 136 cm³/mol. The number of anilines is 1. The molecule has 0 spiro atoms. The number of hydrogen-bond acceptors (Lipinski definition) is 7. The Labute approximate surface area is 211 Å². The molecule has 9 nitrogen and oxygen atoms in total. The molecule has 1 amide bonds. The van der Waals surface area contributed by atoms with Crippen LogP contribution in [0.5, 0.6) is 5.75 Å². The van der Waals surface area contributed by atoms with Crippen molar-refractivity contribution in [2.75, 3.05) is 51.3 Å². The standard InChI is InChI=1S/C23H29N7O2.2ClH/c1-16-11-21(30-23(27-16)25-15-26-30)28-7-9-29(10-8-28)22(31)18-3-4-20(32-2)19(13-18)12-17-5-6-24-14-17;;/h3-4,11,13,15,17,24H,5-10,12,14H2,1-2H3;2*1H. The van der Waals surface area contributed by atoms with Crippen molar-refractivity contribution in [3.05, 3.63) is 47.4 Å². The van der Waals surface area contributed by atoms with Crippen molar-refractivity contribution in [3.63, 3.8) is 0 Å². The third-order valence-corrected chi connectivity index (χ3v) is 6.45. The van der Waals surface area contributed by atoms with Gasteiger partial charge in [0.05, 0.1) is 7.11 Å². The third kappa shape index (κ3) is 5.21. The lowest BCUT2D eigenvalue weighted by Gasteiger charge is -2.36. The summed E-state index contributed by atoms with van der Waals surface area (Å²) in [5.41, 5.74) is 2.76. The summed E-state index contributed by atoms with van der Waals surface area (Å²) in [7, 11) is 1.69. The van der Waals surface area contributed by atoms with Gasteiger partial charge in [0.15, 0.2) is 0 Å². The van der Waals surface area contributed by atoms with Crippen molar-refractivity contribution >= 4 is 42.3 Å². The number of nitrogens with one attached hydrogen (secondary N) is 1. The molecule has 2 fully saturated rings. The zero-order valence-corrected chi connectivity index (χ0v) is 21.1. The van der Waals surface area contributed by atoms with Crippen LogP contribution in [0.4, 0.5) is 5.82 Å². The minimum atomic E-state index is 0. The molecular weight excluding hydrogens is 477 g/mol. The number of ether oxygens (including phenoxy) is 1. The Morgan fingerprint density at radius 2 is 1.97 bits per heavy atom. The van der Waals surface area contributed by atoms with Crippen LogP contribution in [0, 0.1) is 12.8 Å². The molecule has 34 heavy (non-hydrogen) atoms. The van der Waals surface area contributed by atoms with Crippen LogP contribution < -0.4 is 15.0 Å².